The third kappa shape index (κ3) is 5.70. The Kier molecular flexibility index (Phi) is 7.88. The predicted molar refractivity (Wildman–Crippen MR) is 87.5 cm³/mol. The van der Waals surface area contributed by atoms with Gasteiger partial charge in [0.1, 0.15) is 5.75 Å². The SMILES string of the molecule is CCCOc1cc(NCCCN(CC)CC)ccc1N. The van der Waals surface area contributed by atoms with Crippen LogP contribution in [0.2, 0.25) is 0 Å². The van der Waals surface area contributed by atoms with E-state index in [9.17, 15) is 0 Å². The van der Waals surface area contributed by atoms with Gasteiger partial charge in [0.25, 0.3) is 0 Å². The van der Waals surface area contributed by atoms with Gasteiger partial charge in [-0.3, -0.25) is 0 Å². The number of hydrogen-bond acceptors (Lipinski definition) is 4. The van der Waals surface area contributed by atoms with Crippen LogP contribution in [0.3, 0.4) is 0 Å². The number of nitrogens with one attached hydrogen (secondary N) is 1. The Morgan fingerprint density at radius 2 is 1.95 bits per heavy atom. The summed E-state index contributed by atoms with van der Waals surface area (Å²) in [6.45, 7) is 11.5. The molecule has 0 aliphatic rings. The maximum absolute atomic E-state index is 5.90. The number of ether oxygens (including phenoxy) is 1. The van der Waals surface area contributed by atoms with E-state index in [0.717, 1.165) is 50.5 Å². The predicted octanol–water partition coefficient (Wildman–Crippen LogP) is 3.20. The van der Waals surface area contributed by atoms with Crippen LogP contribution in [0.15, 0.2) is 18.2 Å². The molecule has 0 aliphatic heterocycles. The van der Waals surface area contributed by atoms with Crippen molar-refractivity contribution >= 4 is 11.4 Å². The van der Waals surface area contributed by atoms with Crippen LogP contribution in [0.4, 0.5) is 11.4 Å². The first-order valence-electron chi connectivity index (χ1n) is 7.69. The lowest BCUT2D eigenvalue weighted by Gasteiger charge is -2.18. The minimum absolute atomic E-state index is 0.701. The first kappa shape index (κ1) is 16.6. The summed E-state index contributed by atoms with van der Waals surface area (Å²) in [7, 11) is 0. The molecule has 1 aromatic carbocycles. The molecule has 0 atom stereocenters. The van der Waals surface area contributed by atoms with Gasteiger partial charge in [0.05, 0.1) is 12.3 Å². The maximum atomic E-state index is 5.90. The van der Waals surface area contributed by atoms with Crippen molar-refractivity contribution in [3.8, 4) is 5.75 Å². The first-order valence-corrected chi connectivity index (χ1v) is 7.69. The van der Waals surface area contributed by atoms with Crippen molar-refractivity contribution in [3.05, 3.63) is 18.2 Å². The van der Waals surface area contributed by atoms with Crippen LogP contribution >= 0.6 is 0 Å². The highest BCUT2D eigenvalue weighted by Crippen LogP contribution is 2.25. The molecule has 0 unspecified atom stereocenters. The summed E-state index contributed by atoms with van der Waals surface area (Å²) >= 11 is 0. The molecule has 1 rings (SSSR count). The third-order valence-corrected chi connectivity index (χ3v) is 3.35. The van der Waals surface area contributed by atoms with Crippen LogP contribution in [0.25, 0.3) is 0 Å². The molecule has 0 saturated carbocycles. The van der Waals surface area contributed by atoms with Crippen LogP contribution in [0, 0.1) is 0 Å². The number of nitrogens with two attached hydrogens (primary N) is 1. The number of rotatable bonds is 10. The van der Waals surface area contributed by atoms with Crippen molar-refractivity contribution < 1.29 is 4.74 Å². The lowest BCUT2D eigenvalue weighted by Crippen LogP contribution is -2.25. The van der Waals surface area contributed by atoms with Gasteiger partial charge in [0.15, 0.2) is 0 Å². The molecule has 4 heteroatoms. The molecule has 20 heavy (non-hydrogen) atoms. The topological polar surface area (TPSA) is 50.5 Å². The molecule has 114 valence electrons. The lowest BCUT2D eigenvalue weighted by atomic mass is 10.2. The summed E-state index contributed by atoms with van der Waals surface area (Å²) in [4.78, 5) is 2.43. The van der Waals surface area contributed by atoms with E-state index in [1.54, 1.807) is 0 Å². The molecule has 4 nitrogen and oxygen atoms in total. The molecule has 0 radical (unpaired) electrons. The van der Waals surface area contributed by atoms with Crippen LogP contribution < -0.4 is 15.8 Å². The van der Waals surface area contributed by atoms with Gasteiger partial charge in [-0.2, -0.15) is 0 Å². The normalized spacial score (nSPS) is 10.8. The van der Waals surface area contributed by atoms with E-state index in [1.807, 2.05) is 18.2 Å². The fourth-order valence-corrected chi connectivity index (χ4v) is 2.06. The summed E-state index contributed by atoms with van der Waals surface area (Å²) < 4.78 is 5.63. The van der Waals surface area contributed by atoms with Gasteiger partial charge in [-0.15, -0.1) is 0 Å². The van der Waals surface area contributed by atoms with Gasteiger partial charge < -0.3 is 20.7 Å². The van der Waals surface area contributed by atoms with E-state index < -0.39 is 0 Å². The fraction of sp³-hybridized carbons (Fsp3) is 0.625. The second-order valence-electron chi connectivity index (χ2n) is 4.91. The average Bonchev–Trinajstić information content (AvgIpc) is 2.47. The fourth-order valence-electron chi connectivity index (χ4n) is 2.06. The highest BCUT2D eigenvalue weighted by molar-refractivity contribution is 5.61. The Hall–Kier alpha value is -1.42. The first-order chi connectivity index (χ1) is 9.71. The highest BCUT2D eigenvalue weighted by Gasteiger charge is 2.02. The molecule has 0 aromatic heterocycles. The molecule has 0 heterocycles. The summed E-state index contributed by atoms with van der Waals surface area (Å²) in [5, 5.41) is 3.43. The van der Waals surface area contributed by atoms with Crippen LogP contribution in [-0.2, 0) is 0 Å². The summed E-state index contributed by atoms with van der Waals surface area (Å²) in [5.74, 6) is 0.778. The Morgan fingerprint density at radius 3 is 2.60 bits per heavy atom. The van der Waals surface area contributed by atoms with E-state index in [1.165, 1.54) is 0 Å². The molecule has 0 fully saturated rings. The Balaban J connectivity index is 2.40. The number of benzene rings is 1. The van der Waals surface area contributed by atoms with Crippen molar-refractivity contribution in [2.75, 3.05) is 43.8 Å². The van der Waals surface area contributed by atoms with Crippen molar-refractivity contribution in [1.82, 2.24) is 4.90 Å². The van der Waals surface area contributed by atoms with Crippen molar-refractivity contribution in [3.63, 3.8) is 0 Å². The zero-order chi connectivity index (χ0) is 14.8. The van der Waals surface area contributed by atoms with Gasteiger partial charge in [-0.1, -0.05) is 20.8 Å². The highest BCUT2D eigenvalue weighted by atomic mass is 16.5. The molecule has 0 aliphatic carbocycles. The van der Waals surface area contributed by atoms with E-state index in [2.05, 4.69) is 31.0 Å². The van der Waals surface area contributed by atoms with Crippen molar-refractivity contribution in [2.24, 2.45) is 0 Å². The van der Waals surface area contributed by atoms with Gasteiger partial charge in [-0.25, -0.2) is 0 Å². The molecule has 0 spiro atoms. The maximum Gasteiger partial charge on any atom is 0.144 e. The quantitative estimate of drug-likeness (QED) is 0.510. The number of nitrogens with zero attached hydrogens (tertiary/aromatic N) is 1. The number of anilines is 2. The van der Waals surface area contributed by atoms with Crippen molar-refractivity contribution in [1.29, 1.82) is 0 Å². The van der Waals surface area contributed by atoms with Crippen LogP contribution in [0.1, 0.15) is 33.6 Å². The van der Waals surface area contributed by atoms with Crippen LogP contribution in [0.5, 0.6) is 5.75 Å². The molecule has 0 bridgehead atoms. The summed E-state index contributed by atoms with van der Waals surface area (Å²) in [5.41, 5.74) is 7.68. The van der Waals surface area contributed by atoms with Crippen molar-refractivity contribution in [2.45, 2.75) is 33.6 Å². The van der Waals surface area contributed by atoms with Crippen LogP contribution in [-0.4, -0.2) is 37.7 Å². The van der Waals surface area contributed by atoms with E-state index in [4.69, 9.17) is 10.5 Å². The van der Waals surface area contributed by atoms with E-state index in [0.29, 0.717) is 12.3 Å². The zero-order valence-electron chi connectivity index (χ0n) is 13.1. The largest absolute Gasteiger partial charge is 0.491 e. The van der Waals surface area contributed by atoms with E-state index >= 15 is 0 Å². The third-order valence-electron chi connectivity index (χ3n) is 3.35. The van der Waals surface area contributed by atoms with Gasteiger partial charge >= 0.3 is 0 Å². The molecule has 1 aromatic rings. The van der Waals surface area contributed by atoms with E-state index in [-0.39, 0.29) is 0 Å². The molecular weight excluding hydrogens is 250 g/mol. The average molecular weight is 279 g/mol. The smallest absolute Gasteiger partial charge is 0.144 e. The minimum Gasteiger partial charge on any atom is -0.491 e. The van der Waals surface area contributed by atoms with Gasteiger partial charge in [-0.05, 0) is 44.6 Å². The molecule has 0 saturated heterocycles. The summed E-state index contributed by atoms with van der Waals surface area (Å²) in [6, 6.07) is 5.89. The van der Waals surface area contributed by atoms with Gasteiger partial charge in [0, 0.05) is 18.3 Å². The standard InChI is InChI=1S/C16H29N3O/c1-4-12-20-16-13-14(8-9-15(16)17)18-10-7-11-19(5-2)6-3/h8-9,13,18H,4-7,10-12,17H2,1-3H3. The molecular formula is C16H29N3O. The second-order valence-corrected chi connectivity index (χ2v) is 4.91. The Bertz CT molecular complexity index is 378. The molecule has 0 amide bonds. The lowest BCUT2D eigenvalue weighted by molar-refractivity contribution is 0.303. The van der Waals surface area contributed by atoms with Gasteiger partial charge in [0.2, 0.25) is 0 Å². The molecule has 3 N–H and O–H groups in total. The Labute approximate surface area is 123 Å². The zero-order valence-corrected chi connectivity index (χ0v) is 13.1. The number of nitrogen functional groups attached to an aromatic ring is 1. The summed E-state index contributed by atoms with van der Waals surface area (Å²) in [6.07, 6.45) is 2.12. The monoisotopic (exact) mass is 279 g/mol. The number of hydrogen-bond donors (Lipinski definition) is 2. The Morgan fingerprint density at radius 1 is 1.20 bits per heavy atom. The minimum atomic E-state index is 0.701. The second kappa shape index (κ2) is 9.48.